The van der Waals surface area contributed by atoms with Crippen molar-refractivity contribution in [2.75, 3.05) is 22.9 Å². The minimum Gasteiger partial charge on any atom is -0.505 e. The number of phenols is 1. The Morgan fingerprint density at radius 3 is 1.68 bits per heavy atom. The number of nitrogens with one attached hydrogen (secondary N) is 2. The normalized spacial score (nSPS) is 12.9. The van der Waals surface area contributed by atoms with Crippen LogP contribution < -0.4 is 16.4 Å². The van der Waals surface area contributed by atoms with Crippen molar-refractivity contribution in [2.45, 2.75) is 30.9 Å². The summed E-state index contributed by atoms with van der Waals surface area (Å²) in [5, 5.41) is 37.6. The van der Waals surface area contributed by atoms with Crippen molar-refractivity contribution < 1.29 is 79.9 Å². The van der Waals surface area contributed by atoms with E-state index in [1.165, 1.54) is 0 Å². The van der Waals surface area contributed by atoms with Gasteiger partial charge < -0.3 is 26.6 Å². The van der Waals surface area contributed by atoms with Crippen molar-refractivity contribution in [3.8, 4) is 5.75 Å². The Hall–Kier alpha value is -6.14. The van der Waals surface area contributed by atoms with Gasteiger partial charge in [0.1, 0.15) is 42.3 Å². The smallest absolute Gasteiger partial charge is 0.305 e. The van der Waals surface area contributed by atoms with E-state index in [1.54, 1.807) is 0 Å². The highest BCUT2D eigenvalue weighted by Gasteiger charge is 2.29. The molecule has 0 spiro atoms. The Morgan fingerprint density at radius 2 is 1.15 bits per heavy atom. The third-order valence-electron chi connectivity index (χ3n) is 7.61. The van der Waals surface area contributed by atoms with Crippen molar-refractivity contribution in [1.29, 1.82) is 0 Å². The maximum Gasteiger partial charge on any atom is 0.305 e. The SMILES string of the molecule is Nc1c(/N=N\c2cc(S(=O)(=O)O)ccc2S(=O)(=O)O)c(S(=O)(=O)O)cc2cc(S(=O)(=O)O)c(/N=N\c3cc(Nc4nc(Cl)nc(NCCC(=O)O)n4)ccc3S(=O)(=O)O)c(O)c12. The number of carboxylic acids is 1. The number of benzene rings is 4. The average Bonchev–Trinajstić information content (AvgIpc) is 3.11. The van der Waals surface area contributed by atoms with Crippen LogP contribution in [0, 0.1) is 0 Å². The number of aliphatic carboxylic acids is 1. The van der Waals surface area contributed by atoms with Crippen molar-refractivity contribution in [2.24, 2.45) is 20.5 Å². The van der Waals surface area contributed by atoms with Crippen molar-refractivity contribution >= 4 is 125 Å². The van der Waals surface area contributed by atoms with E-state index < -0.39 is 131 Å². The zero-order chi connectivity index (χ0) is 46.3. The predicted octanol–water partition coefficient (Wildman–Crippen LogP) is 3.66. The van der Waals surface area contributed by atoms with E-state index in [0.717, 1.165) is 18.2 Å². The predicted molar refractivity (Wildman–Crippen MR) is 209 cm³/mol. The summed E-state index contributed by atoms with van der Waals surface area (Å²) < 4.78 is 171. The number of halogens is 1. The van der Waals surface area contributed by atoms with Crippen molar-refractivity contribution in [3.05, 3.63) is 53.8 Å². The zero-order valence-corrected chi connectivity index (χ0v) is 34.6. The first kappa shape index (κ1) is 46.9. The summed E-state index contributed by atoms with van der Waals surface area (Å²) in [5.74, 6) is -3.05. The number of carboxylic acid groups (broad SMARTS) is 1. The maximum atomic E-state index is 12.6. The molecule has 0 aliphatic rings. The van der Waals surface area contributed by atoms with Gasteiger partial charge in [0.05, 0.1) is 22.4 Å². The Bertz CT molecular complexity index is 3350. The van der Waals surface area contributed by atoms with Gasteiger partial charge in [0, 0.05) is 12.2 Å². The summed E-state index contributed by atoms with van der Waals surface area (Å²) in [4.78, 5) is 16.6. The molecule has 11 N–H and O–H groups in total. The second kappa shape index (κ2) is 17.0. The molecule has 62 heavy (non-hydrogen) atoms. The van der Waals surface area contributed by atoms with Crippen LogP contribution in [0.15, 0.2) is 93.5 Å². The molecule has 0 aliphatic heterocycles. The average molecular weight is 983 g/mol. The van der Waals surface area contributed by atoms with E-state index in [9.17, 15) is 74.8 Å². The highest BCUT2D eigenvalue weighted by atomic mass is 35.5. The minimum atomic E-state index is -5.52. The number of nitrogens with zero attached hydrogens (tertiary/aromatic N) is 7. The lowest BCUT2D eigenvalue weighted by molar-refractivity contribution is -0.136. The van der Waals surface area contributed by atoms with Gasteiger partial charge in [0.25, 0.3) is 50.6 Å². The zero-order valence-electron chi connectivity index (χ0n) is 29.8. The van der Waals surface area contributed by atoms with Crippen LogP contribution in [0.4, 0.5) is 46.0 Å². The van der Waals surface area contributed by atoms with E-state index in [0.29, 0.717) is 30.3 Å². The monoisotopic (exact) mass is 982 g/mol. The molecule has 5 rings (SSSR count). The third kappa shape index (κ3) is 10.8. The van der Waals surface area contributed by atoms with Crippen LogP contribution in [0.25, 0.3) is 10.8 Å². The van der Waals surface area contributed by atoms with E-state index in [4.69, 9.17) is 22.4 Å². The Balaban J connectivity index is 1.72. The van der Waals surface area contributed by atoms with Crippen LogP contribution in [0.1, 0.15) is 6.42 Å². The first-order valence-corrected chi connectivity index (χ1v) is 23.3. The molecular formula is C28H23ClN10O18S5. The summed E-state index contributed by atoms with van der Waals surface area (Å²) >= 11 is 5.92. The molecule has 0 radical (unpaired) electrons. The molecular weight excluding hydrogens is 960 g/mol. The summed E-state index contributed by atoms with van der Waals surface area (Å²) in [7, 11) is -26.5. The van der Waals surface area contributed by atoms with Crippen LogP contribution >= 0.6 is 11.6 Å². The van der Waals surface area contributed by atoms with Gasteiger partial charge in [-0.2, -0.15) is 57.0 Å². The Kier molecular flexibility index (Phi) is 12.8. The lowest BCUT2D eigenvalue weighted by Crippen LogP contribution is -2.11. The Morgan fingerprint density at radius 1 is 0.645 bits per heavy atom. The van der Waals surface area contributed by atoms with E-state index >= 15 is 0 Å². The first-order valence-electron chi connectivity index (χ1n) is 15.7. The van der Waals surface area contributed by atoms with Crippen molar-refractivity contribution in [1.82, 2.24) is 15.0 Å². The van der Waals surface area contributed by atoms with Crippen molar-refractivity contribution in [3.63, 3.8) is 0 Å². The molecule has 0 atom stereocenters. The van der Waals surface area contributed by atoms with Gasteiger partial charge in [0.15, 0.2) is 5.75 Å². The van der Waals surface area contributed by atoms with E-state index in [1.807, 2.05) is 0 Å². The fraction of sp³-hybridized carbons (Fsp3) is 0.0714. The lowest BCUT2D eigenvalue weighted by atomic mass is 10.1. The number of fused-ring (bicyclic) bond motifs is 1. The fourth-order valence-electron chi connectivity index (χ4n) is 5.05. The molecule has 4 aromatic carbocycles. The number of hydrogen-bond donors (Lipinski definition) is 10. The number of phenolic OH excluding ortho intramolecular Hbond substituents is 1. The lowest BCUT2D eigenvalue weighted by Gasteiger charge is -2.14. The summed E-state index contributed by atoms with van der Waals surface area (Å²) in [6.07, 6.45) is -0.342. The molecule has 1 heterocycles. The number of aromatic hydroxyl groups is 1. The van der Waals surface area contributed by atoms with Crippen LogP contribution in [0.2, 0.25) is 5.28 Å². The summed E-state index contributed by atoms with van der Waals surface area (Å²) in [6, 6.07) is 4.89. The van der Waals surface area contributed by atoms with Gasteiger partial charge in [-0.1, -0.05) is 0 Å². The molecule has 0 saturated heterocycles. The number of hydrogen-bond acceptors (Lipinski definition) is 22. The van der Waals surface area contributed by atoms with Gasteiger partial charge >= 0.3 is 5.97 Å². The number of anilines is 4. The van der Waals surface area contributed by atoms with Crippen LogP contribution in [0.5, 0.6) is 5.75 Å². The number of carbonyl (C=O) groups is 1. The van der Waals surface area contributed by atoms with E-state index in [2.05, 4.69) is 46.0 Å². The first-order chi connectivity index (χ1) is 28.4. The summed E-state index contributed by atoms with van der Waals surface area (Å²) in [6.45, 7) is -0.138. The fourth-order valence-corrected chi connectivity index (χ4v) is 8.25. The maximum absolute atomic E-state index is 12.6. The third-order valence-corrected chi connectivity index (χ3v) is 12.2. The standard InChI is InChI=1S/C28H23ClN10O18S5/c29-26-33-27(31-6-5-20(40)41)35-28(34-26)32-12-1-3-16(59(46,47)48)14(9-12)36-39-24-19(62(55,56)57)8-11-7-18(61(52,53)54)23(22(30)21(11)25(24)42)38-37-15-10-13(58(43,44)45)2-4-17(15)60(49,50)51/h1-4,7-10,42H,5-6,30H2,(H,40,41)(H,43,44,45)(H,46,47,48)(H,49,50,51)(H,52,53,54)(H,55,56,57)(H2,31,32,33,34,35)/b38-37-,39-36-. The van der Waals surface area contributed by atoms with Gasteiger partial charge in [0.2, 0.25) is 17.2 Å². The Labute approximate surface area is 352 Å². The molecule has 0 amide bonds. The van der Waals surface area contributed by atoms with Gasteiger partial charge in [-0.15, -0.1) is 20.5 Å². The largest absolute Gasteiger partial charge is 0.505 e. The highest BCUT2D eigenvalue weighted by molar-refractivity contribution is 7.87. The van der Waals surface area contributed by atoms with Crippen LogP contribution in [-0.4, -0.2) is 103 Å². The molecule has 0 unspecified atom stereocenters. The number of nitrogen functional groups attached to an aromatic ring is 1. The second-order valence-electron chi connectivity index (χ2n) is 11.8. The number of aromatic nitrogens is 3. The van der Waals surface area contributed by atoms with Gasteiger partial charge in [-0.3, -0.25) is 27.6 Å². The molecule has 28 nitrogen and oxygen atoms in total. The van der Waals surface area contributed by atoms with Gasteiger partial charge in [-0.25, -0.2) is 0 Å². The minimum absolute atomic E-state index is 0.138. The topological polar surface area (TPSA) is 468 Å². The number of nitrogens with two attached hydrogens (primary N) is 1. The van der Waals surface area contributed by atoms with Crippen LogP contribution in [0.3, 0.4) is 0 Å². The molecule has 5 aromatic rings. The number of azo groups is 2. The van der Waals surface area contributed by atoms with Gasteiger partial charge in [-0.05, 0) is 65.5 Å². The second-order valence-corrected chi connectivity index (χ2v) is 19.2. The molecule has 34 heteroatoms. The van der Waals surface area contributed by atoms with E-state index in [-0.39, 0.29) is 30.5 Å². The molecule has 0 saturated carbocycles. The molecule has 0 fully saturated rings. The molecule has 0 bridgehead atoms. The molecule has 1 aromatic heterocycles. The number of rotatable bonds is 15. The van der Waals surface area contributed by atoms with Crippen LogP contribution in [-0.2, 0) is 55.4 Å². The molecule has 330 valence electrons. The highest BCUT2D eigenvalue weighted by Crippen LogP contribution is 2.49. The summed E-state index contributed by atoms with van der Waals surface area (Å²) in [5.41, 5.74) is 0.653. The quantitative estimate of drug-likeness (QED) is 0.0406. The molecule has 0 aliphatic carbocycles.